The third-order valence-electron chi connectivity index (χ3n) is 5.57. The summed E-state index contributed by atoms with van der Waals surface area (Å²) in [5, 5.41) is 9.70. The van der Waals surface area contributed by atoms with Crippen molar-refractivity contribution >= 4 is 17.4 Å². The minimum Gasteiger partial charge on any atom is -0.493 e. The highest BCUT2D eigenvalue weighted by Gasteiger charge is 2.47. The Balaban J connectivity index is 1.70. The Labute approximate surface area is 188 Å². The van der Waals surface area contributed by atoms with E-state index in [1.54, 1.807) is 36.4 Å². The molecule has 0 aliphatic carbocycles. The number of rotatable bonds is 5. The molecule has 7 nitrogen and oxygen atoms in total. The van der Waals surface area contributed by atoms with Crippen LogP contribution in [0.2, 0.25) is 0 Å². The molecule has 2 heterocycles. The van der Waals surface area contributed by atoms with Crippen molar-refractivity contribution in [3.8, 4) is 11.5 Å². The van der Waals surface area contributed by atoms with Gasteiger partial charge in [-0.05, 0) is 42.3 Å². The van der Waals surface area contributed by atoms with Crippen molar-refractivity contribution in [1.82, 2.24) is 9.78 Å². The van der Waals surface area contributed by atoms with E-state index in [0.29, 0.717) is 22.7 Å². The van der Waals surface area contributed by atoms with Gasteiger partial charge in [-0.3, -0.25) is 4.79 Å². The number of alkyl halides is 3. The fraction of sp³-hybridized carbons (Fsp3) is 0.304. The Morgan fingerprint density at radius 2 is 1.91 bits per heavy atom. The van der Waals surface area contributed by atoms with Crippen molar-refractivity contribution in [1.29, 1.82) is 0 Å². The average Bonchev–Trinajstić information content (AvgIpc) is 3.21. The molecule has 174 valence electrons. The Bertz CT molecular complexity index is 1180. The van der Waals surface area contributed by atoms with E-state index < -0.39 is 24.2 Å². The molecule has 1 aromatic heterocycles. The molecule has 0 saturated heterocycles. The maximum absolute atomic E-state index is 13.9. The second-order valence-corrected chi connectivity index (χ2v) is 7.78. The molecule has 0 fully saturated rings. The highest BCUT2D eigenvalue weighted by molar-refractivity contribution is 6.07. The van der Waals surface area contributed by atoms with Gasteiger partial charge in [-0.25, -0.2) is 4.68 Å². The van der Waals surface area contributed by atoms with E-state index >= 15 is 0 Å². The quantitative estimate of drug-likeness (QED) is 0.553. The zero-order valence-corrected chi connectivity index (χ0v) is 18.2. The number of carbonyl (C=O) groups excluding carboxylic acids is 1. The van der Waals surface area contributed by atoms with Crippen molar-refractivity contribution in [3.05, 3.63) is 65.4 Å². The summed E-state index contributed by atoms with van der Waals surface area (Å²) >= 11 is 0. The highest BCUT2D eigenvalue weighted by atomic mass is 19.4. The van der Waals surface area contributed by atoms with Gasteiger partial charge in [-0.1, -0.05) is 18.2 Å². The van der Waals surface area contributed by atoms with Gasteiger partial charge >= 0.3 is 6.18 Å². The lowest BCUT2D eigenvalue weighted by Gasteiger charge is -2.34. The molecule has 1 amide bonds. The van der Waals surface area contributed by atoms with Crippen LogP contribution >= 0.6 is 0 Å². The molecule has 1 aliphatic rings. The van der Waals surface area contributed by atoms with Gasteiger partial charge in [0.05, 0.1) is 26.5 Å². The summed E-state index contributed by atoms with van der Waals surface area (Å²) in [5.41, 5.74) is 2.07. The molecule has 2 N–H and O–H groups in total. The number of hydrogen-bond donors (Lipinski definition) is 2. The number of ether oxygens (including phenoxy) is 2. The van der Waals surface area contributed by atoms with Crippen molar-refractivity contribution in [2.24, 2.45) is 0 Å². The molecule has 1 aliphatic heterocycles. The molecule has 2 aromatic carbocycles. The number of hydrogen-bond acceptors (Lipinski definition) is 5. The van der Waals surface area contributed by atoms with Crippen LogP contribution in [0.25, 0.3) is 0 Å². The number of benzene rings is 2. The topological polar surface area (TPSA) is 77.4 Å². The molecule has 0 saturated carbocycles. The van der Waals surface area contributed by atoms with Crippen LogP contribution < -0.4 is 20.1 Å². The summed E-state index contributed by atoms with van der Waals surface area (Å²) < 4.78 is 53.2. The molecule has 0 bridgehead atoms. The Morgan fingerprint density at radius 3 is 2.58 bits per heavy atom. The fourth-order valence-corrected chi connectivity index (χ4v) is 3.94. The van der Waals surface area contributed by atoms with E-state index in [1.807, 2.05) is 13.0 Å². The third kappa shape index (κ3) is 4.46. The molecule has 0 unspecified atom stereocenters. The third-order valence-corrected chi connectivity index (χ3v) is 5.57. The number of halogens is 3. The first kappa shape index (κ1) is 22.5. The number of nitrogens with zero attached hydrogens (tertiary/aromatic N) is 2. The first-order valence-corrected chi connectivity index (χ1v) is 10.2. The molecule has 4 rings (SSSR count). The number of aromatic nitrogens is 2. The predicted molar refractivity (Wildman–Crippen MR) is 117 cm³/mol. The minimum atomic E-state index is -4.55. The van der Waals surface area contributed by atoms with Gasteiger partial charge in [0, 0.05) is 12.1 Å². The normalized spacial score (nSPS) is 17.6. The van der Waals surface area contributed by atoms with Gasteiger partial charge in [0.15, 0.2) is 17.5 Å². The van der Waals surface area contributed by atoms with Crippen LogP contribution in [0.1, 0.15) is 40.0 Å². The van der Waals surface area contributed by atoms with Crippen molar-refractivity contribution in [2.75, 3.05) is 24.9 Å². The zero-order valence-electron chi connectivity index (χ0n) is 18.2. The molecule has 10 heteroatoms. The summed E-state index contributed by atoms with van der Waals surface area (Å²) in [6, 6.07) is 9.44. The number of carbonyl (C=O) groups is 1. The number of nitrogens with one attached hydrogen (secondary N) is 2. The monoisotopic (exact) mass is 460 g/mol. The van der Waals surface area contributed by atoms with Gasteiger partial charge in [0.25, 0.3) is 5.91 Å². The lowest BCUT2D eigenvalue weighted by molar-refractivity contribution is -0.173. The molecule has 2 atom stereocenters. The maximum atomic E-state index is 13.9. The fourth-order valence-electron chi connectivity index (χ4n) is 3.94. The highest BCUT2D eigenvalue weighted by Crippen LogP contribution is 2.45. The van der Waals surface area contributed by atoms with Crippen LogP contribution in [0.5, 0.6) is 11.5 Å². The van der Waals surface area contributed by atoms with E-state index in [4.69, 9.17) is 9.47 Å². The van der Waals surface area contributed by atoms with Crippen LogP contribution in [0, 0.1) is 6.92 Å². The van der Waals surface area contributed by atoms with Crippen LogP contribution in [0.4, 0.5) is 24.7 Å². The van der Waals surface area contributed by atoms with Gasteiger partial charge in [-0.15, -0.1) is 0 Å². The summed E-state index contributed by atoms with van der Waals surface area (Å²) in [5.74, 6) is 0.321. The standard InChI is InChI=1S/C23H23F3N4O3/c1-13-5-4-6-15(9-13)28-22(31)16-12-27-30-20(23(24,25)26)11-17(29-21(16)30)14-7-8-18(32-2)19(10-14)33-3/h4-10,12,17,20,29H,11H2,1-3H3,(H,28,31)/t17-,20+/m0/s1. The largest absolute Gasteiger partial charge is 0.493 e. The lowest BCUT2D eigenvalue weighted by Crippen LogP contribution is -2.36. The van der Waals surface area contributed by atoms with Gasteiger partial charge in [-0.2, -0.15) is 18.3 Å². The number of amides is 1. The summed E-state index contributed by atoms with van der Waals surface area (Å²) in [4.78, 5) is 12.9. The molecular weight excluding hydrogens is 437 g/mol. The van der Waals surface area contributed by atoms with Gasteiger partial charge in [0.2, 0.25) is 0 Å². The van der Waals surface area contributed by atoms with E-state index in [2.05, 4.69) is 15.7 Å². The van der Waals surface area contributed by atoms with E-state index in [0.717, 1.165) is 16.4 Å². The Hall–Kier alpha value is -3.69. The summed E-state index contributed by atoms with van der Waals surface area (Å²) in [6.07, 6.45) is -3.70. The lowest BCUT2D eigenvalue weighted by atomic mass is 9.96. The summed E-state index contributed by atoms with van der Waals surface area (Å²) in [7, 11) is 2.94. The molecule has 33 heavy (non-hydrogen) atoms. The number of fused-ring (bicyclic) bond motifs is 1. The molecule has 0 radical (unpaired) electrons. The molecule has 0 spiro atoms. The Kier molecular flexibility index (Phi) is 5.92. The van der Waals surface area contributed by atoms with Crippen LogP contribution in [-0.4, -0.2) is 36.1 Å². The van der Waals surface area contributed by atoms with Gasteiger partial charge < -0.3 is 20.1 Å². The average molecular weight is 460 g/mol. The van der Waals surface area contributed by atoms with Crippen molar-refractivity contribution in [3.63, 3.8) is 0 Å². The van der Waals surface area contributed by atoms with E-state index in [1.165, 1.54) is 14.2 Å². The zero-order chi connectivity index (χ0) is 23.8. The predicted octanol–water partition coefficient (Wildman–Crippen LogP) is 5.12. The number of aryl methyl sites for hydroxylation is 1. The second-order valence-electron chi connectivity index (χ2n) is 7.78. The number of anilines is 2. The van der Waals surface area contributed by atoms with Crippen LogP contribution in [0.3, 0.4) is 0 Å². The van der Waals surface area contributed by atoms with Crippen molar-refractivity contribution < 1.29 is 27.4 Å². The second kappa shape index (κ2) is 8.68. The van der Waals surface area contributed by atoms with E-state index in [-0.39, 0.29) is 17.8 Å². The Morgan fingerprint density at radius 1 is 1.15 bits per heavy atom. The molecule has 3 aromatic rings. The van der Waals surface area contributed by atoms with Crippen molar-refractivity contribution in [2.45, 2.75) is 31.6 Å². The van der Waals surface area contributed by atoms with E-state index in [9.17, 15) is 18.0 Å². The minimum absolute atomic E-state index is 0.00788. The SMILES string of the molecule is COc1ccc([C@@H]2C[C@H](C(F)(F)F)n3ncc(C(=O)Nc4cccc(C)c4)c3N2)cc1OC. The molecular formula is C23H23F3N4O3. The summed E-state index contributed by atoms with van der Waals surface area (Å²) in [6.45, 7) is 1.88. The first-order valence-electron chi connectivity index (χ1n) is 10.2. The van der Waals surface area contributed by atoms with Gasteiger partial charge in [0.1, 0.15) is 11.4 Å². The maximum Gasteiger partial charge on any atom is 0.410 e. The van der Waals surface area contributed by atoms with Crippen LogP contribution in [0.15, 0.2) is 48.7 Å². The first-order chi connectivity index (χ1) is 15.7. The number of methoxy groups -OCH3 is 2. The smallest absolute Gasteiger partial charge is 0.410 e. The van der Waals surface area contributed by atoms with Crippen LogP contribution in [-0.2, 0) is 0 Å².